The van der Waals surface area contributed by atoms with Crippen LogP contribution in [0.25, 0.3) is 5.69 Å². The van der Waals surface area contributed by atoms with E-state index in [1.165, 1.54) is 24.0 Å². The van der Waals surface area contributed by atoms with Crippen molar-refractivity contribution in [2.45, 2.75) is 58.3 Å². The van der Waals surface area contributed by atoms with Crippen molar-refractivity contribution >= 4 is 5.78 Å². The van der Waals surface area contributed by atoms with E-state index in [2.05, 4.69) is 50.5 Å². The highest BCUT2D eigenvalue weighted by molar-refractivity contribution is 6.09. The van der Waals surface area contributed by atoms with E-state index in [9.17, 15) is 4.79 Å². The van der Waals surface area contributed by atoms with Gasteiger partial charge in [0.05, 0.1) is 5.69 Å². The number of aromatic nitrogens is 1. The fraction of sp³-hybridized carbons (Fsp3) is 0.346. The number of aryl methyl sites for hydroxylation is 1. The Morgan fingerprint density at radius 3 is 2.29 bits per heavy atom. The third kappa shape index (κ3) is 3.32. The Hall–Kier alpha value is -2.61. The zero-order chi connectivity index (χ0) is 20.1. The summed E-state index contributed by atoms with van der Waals surface area (Å²) in [5.41, 5.74) is 6.62. The maximum absolute atomic E-state index is 13.3. The van der Waals surface area contributed by atoms with Crippen LogP contribution in [0.4, 0.5) is 0 Å². The van der Waals surface area contributed by atoms with Gasteiger partial charge in [-0.15, -0.1) is 0 Å². The van der Waals surface area contributed by atoms with Gasteiger partial charge in [-0.3, -0.25) is 4.79 Å². The van der Waals surface area contributed by atoms with E-state index in [1.54, 1.807) is 0 Å². The third-order valence-corrected chi connectivity index (χ3v) is 6.10. The Labute approximate surface area is 168 Å². The van der Waals surface area contributed by atoms with Crippen molar-refractivity contribution in [1.82, 2.24) is 4.57 Å². The minimum atomic E-state index is 0.0574. The van der Waals surface area contributed by atoms with Crippen LogP contribution in [-0.2, 0) is 10.8 Å². The second kappa shape index (κ2) is 6.48. The first-order valence-electron chi connectivity index (χ1n) is 10.1. The summed E-state index contributed by atoms with van der Waals surface area (Å²) in [6, 6.07) is 18.5. The predicted molar refractivity (Wildman–Crippen MR) is 116 cm³/mol. The van der Waals surface area contributed by atoms with Gasteiger partial charge < -0.3 is 4.57 Å². The SMILES string of the molecule is Cc1ccn(-c2cc(C(C)(C)C)cc(C3(C)CC3)c2)c1C(=O)c1ccccc1. The Morgan fingerprint density at radius 1 is 1.00 bits per heavy atom. The maximum Gasteiger partial charge on any atom is 0.210 e. The van der Waals surface area contributed by atoms with Crippen molar-refractivity contribution in [2.75, 3.05) is 0 Å². The molecule has 1 aliphatic carbocycles. The van der Waals surface area contributed by atoms with E-state index in [-0.39, 0.29) is 16.6 Å². The van der Waals surface area contributed by atoms with Gasteiger partial charge >= 0.3 is 0 Å². The van der Waals surface area contributed by atoms with Crippen LogP contribution in [-0.4, -0.2) is 10.4 Å². The Morgan fingerprint density at radius 2 is 1.68 bits per heavy atom. The molecule has 0 spiro atoms. The molecule has 2 aromatic carbocycles. The molecule has 1 heterocycles. The monoisotopic (exact) mass is 371 g/mol. The largest absolute Gasteiger partial charge is 0.313 e. The van der Waals surface area contributed by atoms with Crippen molar-refractivity contribution in [2.24, 2.45) is 0 Å². The fourth-order valence-corrected chi connectivity index (χ4v) is 3.77. The van der Waals surface area contributed by atoms with Crippen LogP contribution in [0.15, 0.2) is 60.8 Å². The molecule has 0 N–H and O–H groups in total. The molecule has 0 saturated heterocycles. The van der Waals surface area contributed by atoms with Crippen molar-refractivity contribution in [3.63, 3.8) is 0 Å². The van der Waals surface area contributed by atoms with Crippen LogP contribution in [0, 0.1) is 6.92 Å². The van der Waals surface area contributed by atoms with Crippen LogP contribution in [0.2, 0.25) is 0 Å². The Balaban J connectivity index is 1.88. The molecule has 28 heavy (non-hydrogen) atoms. The number of rotatable bonds is 4. The van der Waals surface area contributed by atoms with E-state index < -0.39 is 0 Å². The molecule has 3 aromatic rings. The highest BCUT2D eigenvalue weighted by atomic mass is 16.1. The molecule has 4 rings (SSSR count). The molecular weight excluding hydrogens is 342 g/mol. The van der Waals surface area contributed by atoms with Crippen LogP contribution >= 0.6 is 0 Å². The summed E-state index contributed by atoms with van der Waals surface area (Å²) >= 11 is 0. The van der Waals surface area contributed by atoms with Gasteiger partial charge in [0.1, 0.15) is 0 Å². The minimum absolute atomic E-state index is 0.0574. The molecule has 0 bridgehead atoms. The number of carbonyl (C=O) groups is 1. The zero-order valence-electron chi connectivity index (χ0n) is 17.5. The van der Waals surface area contributed by atoms with Crippen LogP contribution < -0.4 is 0 Å². The van der Waals surface area contributed by atoms with Crippen LogP contribution in [0.3, 0.4) is 0 Å². The van der Waals surface area contributed by atoms with Crippen LogP contribution in [0.5, 0.6) is 0 Å². The molecule has 0 atom stereocenters. The predicted octanol–water partition coefficient (Wildman–Crippen LogP) is 6.37. The molecule has 2 nitrogen and oxygen atoms in total. The normalized spacial score (nSPS) is 15.5. The molecule has 144 valence electrons. The summed E-state index contributed by atoms with van der Waals surface area (Å²) in [6.45, 7) is 11.1. The average Bonchev–Trinajstić information content (AvgIpc) is 3.31. The molecule has 0 radical (unpaired) electrons. The highest BCUT2D eigenvalue weighted by Gasteiger charge is 2.39. The van der Waals surface area contributed by atoms with E-state index >= 15 is 0 Å². The summed E-state index contributed by atoms with van der Waals surface area (Å²) in [5, 5.41) is 0. The summed E-state index contributed by atoms with van der Waals surface area (Å²) in [6.07, 6.45) is 4.51. The second-order valence-electron chi connectivity index (χ2n) is 9.49. The first-order chi connectivity index (χ1) is 13.2. The minimum Gasteiger partial charge on any atom is -0.313 e. The molecule has 0 aliphatic heterocycles. The standard InChI is InChI=1S/C26H29NO/c1-18-11-14-27(23(18)24(28)19-9-7-6-8-10-19)22-16-20(25(2,3)4)15-21(17-22)26(5)12-13-26/h6-11,14-17H,12-13H2,1-5H3. The Bertz CT molecular complexity index is 1010. The first-order valence-corrected chi connectivity index (χ1v) is 10.1. The van der Waals surface area contributed by atoms with Gasteiger partial charge in [-0.2, -0.15) is 0 Å². The lowest BCUT2D eigenvalue weighted by molar-refractivity contribution is 0.103. The maximum atomic E-state index is 13.3. The van der Waals surface area contributed by atoms with Gasteiger partial charge in [-0.25, -0.2) is 0 Å². The lowest BCUT2D eigenvalue weighted by Gasteiger charge is -2.24. The Kier molecular flexibility index (Phi) is 4.33. The first kappa shape index (κ1) is 18.7. The van der Waals surface area contributed by atoms with Crippen molar-refractivity contribution in [1.29, 1.82) is 0 Å². The number of hydrogen-bond donors (Lipinski definition) is 0. The van der Waals surface area contributed by atoms with E-state index in [0.29, 0.717) is 0 Å². The number of hydrogen-bond acceptors (Lipinski definition) is 1. The number of benzene rings is 2. The van der Waals surface area contributed by atoms with E-state index in [0.717, 1.165) is 22.5 Å². The molecule has 1 saturated carbocycles. The lowest BCUT2D eigenvalue weighted by atomic mass is 9.83. The third-order valence-electron chi connectivity index (χ3n) is 6.10. The fourth-order valence-electron chi connectivity index (χ4n) is 3.77. The number of ketones is 1. The smallest absolute Gasteiger partial charge is 0.210 e. The number of carbonyl (C=O) groups excluding carboxylic acids is 1. The summed E-state index contributed by atoms with van der Waals surface area (Å²) in [7, 11) is 0. The van der Waals surface area contributed by atoms with Gasteiger partial charge in [-0.1, -0.05) is 64.1 Å². The van der Waals surface area contributed by atoms with Gasteiger partial charge in [0.25, 0.3) is 0 Å². The summed E-state index contributed by atoms with van der Waals surface area (Å²) in [5.74, 6) is 0.0726. The quantitative estimate of drug-likeness (QED) is 0.489. The molecule has 0 amide bonds. The molecular formula is C26H29NO. The molecule has 1 fully saturated rings. The summed E-state index contributed by atoms with van der Waals surface area (Å²) in [4.78, 5) is 13.3. The molecule has 1 aromatic heterocycles. The van der Waals surface area contributed by atoms with Crippen LogP contribution in [0.1, 0.15) is 73.3 Å². The highest BCUT2D eigenvalue weighted by Crippen LogP contribution is 2.49. The second-order valence-corrected chi connectivity index (χ2v) is 9.49. The van der Waals surface area contributed by atoms with Gasteiger partial charge in [0, 0.05) is 17.4 Å². The van der Waals surface area contributed by atoms with E-state index in [1.807, 2.05) is 49.5 Å². The molecule has 2 heteroatoms. The van der Waals surface area contributed by atoms with Crippen molar-refractivity contribution in [3.8, 4) is 5.69 Å². The number of nitrogens with zero attached hydrogens (tertiary/aromatic N) is 1. The zero-order valence-corrected chi connectivity index (χ0v) is 17.5. The van der Waals surface area contributed by atoms with Gasteiger partial charge in [0.2, 0.25) is 5.78 Å². The van der Waals surface area contributed by atoms with Gasteiger partial charge in [0.15, 0.2) is 0 Å². The topological polar surface area (TPSA) is 22.0 Å². The van der Waals surface area contributed by atoms with Gasteiger partial charge in [-0.05, 0) is 65.5 Å². The molecule has 0 unspecified atom stereocenters. The summed E-state index contributed by atoms with van der Waals surface area (Å²) < 4.78 is 2.08. The molecule has 1 aliphatic rings. The lowest BCUT2D eigenvalue weighted by Crippen LogP contribution is -2.16. The average molecular weight is 372 g/mol. The van der Waals surface area contributed by atoms with Crippen molar-refractivity contribution in [3.05, 3.63) is 88.7 Å². The van der Waals surface area contributed by atoms with E-state index in [4.69, 9.17) is 0 Å². The van der Waals surface area contributed by atoms with Crippen molar-refractivity contribution < 1.29 is 4.79 Å².